The molecule has 16 nitrogen and oxygen atoms in total. The maximum Gasteiger partial charge on any atom is 0.313 e. The van der Waals surface area contributed by atoms with Crippen LogP contribution in [-0.2, 0) is 34.1 Å². The summed E-state index contributed by atoms with van der Waals surface area (Å²) in [5.74, 6) is -5.90. The monoisotopic (exact) mass is 704 g/mol. The first-order valence-corrected chi connectivity index (χ1v) is 16.1. The highest BCUT2D eigenvalue weighted by Gasteiger charge is 2.64. The lowest BCUT2D eigenvalue weighted by atomic mass is 9.63. The minimum absolute atomic E-state index is 0.0386. The van der Waals surface area contributed by atoms with Gasteiger partial charge in [-0.05, 0) is 52.4 Å². The lowest BCUT2D eigenvalue weighted by Gasteiger charge is -2.51. The van der Waals surface area contributed by atoms with E-state index in [1.165, 1.54) is 43.8 Å². The Labute approximate surface area is 281 Å². The number of hydrogen-bond donors (Lipinski definition) is 6. The average molecular weight is 705 g/mol. The minimum Gasteiger partial charge on any atom is -0.502 e. The van der Waals surface area contributed by atoms with Gasteiger partial charge in [0.1, 0.15) is 29.8 Å². The maximum absolute atomic E-state index is 13.5. The molecule has 5 heterocycles. The van der Waals surface area contributed by atoms with Crippen molar-refractivity contribution in [2.45, 2.75) is 54.7 Å². The Morgan fingerprint density at radius 3 is 2.33 bits per heavy atom. The van der Waals surface area contributed by atoms with Gasteiger partial charge in [-0.2, -0.15) is 0 Å². The molecule has 6 N–H and O–H groups in total. The zero-order valence-corrected chi connectivity index (χ0v) is 26.6. The highest BCUT2D eigenvalue weighted by molar-refractivity contribution is 7.10. The van der Waals surface area contributed by atoms with Gasteiger partial charge in [-0.15, -0.1) is 11.3 Å². The molecule has 0 bridgehead atoms. The summed E-state index contributed by atoms with van der Waals surface area (Å²) in [5.41, 5.74) is -1.63. The van der Waals surface area contributed by atoms with Crippen LogP contribution in [0.3, 0.4) is 0 Å². The number of benzene rings is 2. The van der Waals surface area contributed by atoms with Crippen LogP contribution in [-0.4, -0.2) is 101 Å². The molecular weight excluding hydrogens is 672 g/mol. The normalized spacial score (nSPS) is 35.6. The second-order valence-corrected chi connectivity index (χ2v) is 13.2. The zero-order chi connectivity index (χ0) is 34.4. The van der Waals surface area contributed by atoms with Gasteiger partial charge in [-0.1, -0.05) is 6.07 Å². The smallest absolute Gasteiger partial charge is 0.313 e. The third kappa shape index (κ3) is 4.88. The maximum atomic E-state index is 13.5. The fourth-order valence-electron chi connectivity index (χ4n) is 7.32. The number of esters is 1. The number of cyclic esters (lactones) is 1. The molecule has 10 unspecified atom stereocenters. The van der Waals surface area contributed by atoms with Gasteiger partial charge in [0.25, 0.3) is 0 Å². The van der Waals surface area contributed by atoms with Gasteiger partial charge in [0.15, 0.2) is 41.7 Å². The van der Waals surface area contributed by atoms with E-state index in [0.717, 1.165) is 0 Å². The fraction of sp³-hybridized carbons (Fsp3) is 0.469. The standard InChI is InChI=1S/C32H32O16S/c1-40-18-6-12(7-19(41-2)22(18)33)31(37)15-9-17-16(43-11-44-17)8-13(15)25(14-10-42-28(36)21(14)31)45-30-24(35)23(34)26-27(47-30)32(38,39)48-29(46-26)20-4-3-5-49-20/h3-9,14,21,23-27,29-30,33-35,37-39H,10-11H2,1-2H3. The van der Waals surface area contributed by atoms with Crippen molar-refractivity contribution in [1.82, 2.24) is 0 Å². The number of carbonyl (C=O) groups is 1. The van der Waals surface area contributed by atoms with E-state index in [9.17, 15) is 35.4 Å². The third-order valence-corrected chi connectivity index (χ3v) is 10.5. The van der Waals surface area contributed by atoms with E-state index in [1.54, 1.807) is 23.6 Å². The van der Waals surface area contributed by atoms with E-state index in [2.05, 4.69) is 0 Å². The number of aromatic hydroxyl groups is 1. The third-order valence-electron chi connectivity index (χ3n) is 9.65. The van der Waals surface area contributed by atoms with Crippen LogP contribution in [0.15, 0.2) is 41.8 Å². The summed E-state index contributed by atoms with van der Waals surface area (Å²) in [5, 5.41) is 69.5. The van der Waals surface area contributed by atoms with Crippen LogP contribution in [0.5, 0.6) is 28.7 Å². The Balaban J connectivity index is 1.20. The minimum atomic E-state index is -2.98. The summed E-state index contributed by atoms with van der Waals surface area (Å²) >= 11 is 1.22. The number of methoxy groups -OCH3 is 2. The van der Waals surface area contributed by atoms with Crippen LogP contribution in [0.1, 0.15) is 34.0 Å². The molecule has 8 rings (SSSR count). The largest absolute Gasteiger partial charge is 0.502 e. The molecule has 0 spiro atoms. The second-order valence-electron chi connectivity index (χ2n) is 12.2. The van der Waals surface area contributed by atoms with Gasteiger partial charge < -0.3 is 68.5 Å². The molecule has 3 aromatic rings. The van der Waals surface area contributed by atoms with E-state index in [4.69, 9.17) is 42.6 Å². The summed E-state index contributed by atoms with van der Waals surface area (Å²) in [4.78, 5) is 14.0. The molecule has 262 valence electrons. The summed E-state index contributed by atoms with van der Waals surface area (Å²) in [6.07, 6.45) is -10.9. The van der Waals surface area contributed by atoms with Crippen molar-refractivity contribution >= 4 is 17.3 Å². The summed E-state index contributed by atoms with van der Waals surface area (Å²) in [6.45, 7) is -0.369. The predicted molar refractivity (Wildman–Crippen MR) is 159 cm³/mol. The Morgan fingerprint density at radius 2 is 1.65 bits per heavy atom. The van der Waals surface area contributed by atoms with E-state index in [-0.39, 0.29) is 53.1 Å². The van der Waals surface area contributed by atoms with Gasteiger partial charge in [0.05, 0.1) is 31.8 Å². The number of ether oxygens (including phenoxy) is 9. The fourth-order valence-corrected chi connectivity index (χ4v) is 8.01. The lowest BCUT2D eigenvalue weighted by Crippen LogP contribution is -2.69. The number of phenols is 1. The molecule has 0 saturated carbocycles. The number of fused-ring (bicyclic) bond motifs is 4. The van der Waals surface area contributed by atoms with Crippen molar-refractivity contribution in [3.05, 3.63) is 63.3 Å². The van der Waals surface area contributed by atoms with Crippen LogP contribution < -0.4 is 18.9 Å². The van der Waals surface area contributed by atoms with Gasteiger partial charge in [-0.3, -0.25) is 9.53 Å². The van der Waals surface area contributed by atoms with Crippen molar-refractivity contribution < 1.29 is 78.1 Å². The van der Waals surface area contributed by atoms with Crippen molar-refractivity contribution in [2.75, 3.05) is 27.6 Å². The van der Waals surface area contributed by atoms with Crippen LogP contribution in [0, 0.1) is 11.8 Å². The molecule has 2 aromatic carbocycles. The number of hydrogen-bond acceptors (Lipinski definition) is 17. The lowest BCUT2D eigenvalue weighted by molar-refractivity contribution is -0.502. The van der Waals surface area contributed by atoms with Crippen molar-refractivity contribution in [2.24, 2.45) is 11.8 Å². The van der Waals surface area contributed by atoms with E-state index in [0.29, 0.717) is 10.6 Å². The average Bonchev–Trinajstić information content (AvgIpc) is 3.86. The molecule has 4 aliphatic heterocycles. The summed E-state index contributed by atoms with van der Waals surface area (Å²) in [6, 6.07) is 9.13. The number of thiophene rings is 1. The molecule has 49 heavy (non-hydrogen) atoms. The first-order chi connectivity index (χ1) is 23.5. The predicted octanol–water partition coefficient (Wildman–Crippen LogP) is 0.495. The van der Waals surface area contributed by atoms with Crippen molar-refractivity contribution in [3.63, 3.8) is 0 Å². The molecule has 5 aliphatic rings. The number of phenolic OH excluding ortho intramolecular Hbond substituents is 1. The number of carbonyl (C=O) groups excluding carboxylic acids is 1. The second kappa shape index (κ2) is 11.7. The van der Waals surface area contributed by atoms with Gasteiger partial charge in [0, 0.05) is 5.92 Å². The molecule has 3 fully saturated rings. The molecule has 1 aromatic heterocycles. The number of aliphatic hydroxyl groups is 5. The summed E-state index contributed by atoms with van der Waals surface area (Å²) < 4.78 is 50.8. The first kappa shape index (κ1) is 32.5. The molecule has 0 amide bonds. The molecule has 1 aliphatic carbocycles. The van der Waals surface area contributed by atoms with Crippen molar-refractivity contribution in [1.29, 1.82) is 0 Å². The Kier molecular flexibility index (Phi) is 7.72. The van der Waals surface area contributed by atoms with Gasteiger partial charge in [0.2, 0.25) is 12.5 Å². The van der Waals surface area contributed by atoms with Crippen LogP contribution in [0.4, 0.5) is 0 Å². The Hall–Kier alpha value is -3.75. The highest BCUT2D eigenvalue weighted by atomic mass is 32.1. The first-order valence-electron chi connectivity index (χ1n) is 15.2. The van der Waals surface area contributed by atoms with Gasteiger partial charge >= 0.3 is 11.9 Å². The topological polar surface area (TPSA) is 222 Å². The zero-order valence-electron chi connectivity index (χ0n) is 25.8. The quantitative estimate of drug-likeness (QED) is 0.152. The van der Waals surface area contributed by atoms with Crippen LogP contribution in [0.25, 0.3) is 0 Å². The summed E-state index contributed by atoms with van der Waals surface area (Å²) in [7, 11) is 2.64. The molecule has 3 saturated heterocycles. The molecule has 10 atom stereocenters. The van der Waals surface area contributed by atoms with Crippen molar-refractivity contribution in [3.8, 4) is 28.7 Å². The Morgan fingerprint density at radius 1 is 0.939 bits per heavy atom. The van der Waals surface area contributed by atoms with Crippen LogP contribution in [0.2, 0.25) is 0 Å². The highest BCUT2D eigenvalue weighted by Crippen LogP contribution is 2.59. The van der Waals surface area contributed by atoms with Crippen LogP contribution >= 0.6 is 11.3 Å². The van der Waals surface area contributed by atoms with E-state index < -0.39 is 72.5 Å². The number of aliphatic hydroxyl groups excluding tert-OH is 2. The number of rotatable bonds is 6. The molecule has 0 radical (unpaired) electrons. The molecular formula is C32H32O16S. The molecule has 17 heteroatoms. The van der Waals surface area contributed by atoms with E-state index >= 15 is 0 Å². The van der Waals surface area contributed by atoms with E-state index in [1.807, 2.05) is 0 Å². The Bertz CT molecular complexity index is 1740. The van der Waals surface area contributed by atoms with Gasteiger partial charge in [-0.25, -0.2) is 0 Å². The SMILES string of the molecule is COc1cc(C2(O)c3cc4c(cc3C(OC3OC5C(OC(c6cccs6)OC5(O)O)C(O)C3O)C3COC(=O)C32)OCO4)cc(OC)c1O.